The Morgan fingerprint density at radius 2 is 2.25 bits per heavy atom. The first-order chi connectivity index (χ1) is 7.72. The monoisotopic (exact) mass is 283 g/mol. The van der Waals surface area contributed by atoms with Crippen LogP contribution in [0.1, 0.15) is 16.8 Å². The maximum absolute atomic E-state index is 12.1. The van der Waals surface area contributed by atoms with E-state index >= 15 is 0 Å². The van der Waals surface area contributed by atoms with E-state index in [0.717, 1.165) is 17.4 Å². The van der Waals surface area contributed by atoms with E-state index in [1.165, 1.54) is 0 Å². The van der Waals surface area contributed by atoms with Crippen LogP contribution >= 0.6 is 15.9 Å². The molecule has 1 aromatic carbocycles. The molecule has 1 atom stereocenters. The molecule has 86 valence electrons. The molecule has 1 aromatic rings. The second-order valence-electron chi connectivity index (χ2n) is 4.07. The number of aliphatic hydroxyl groups excluding tert-OH is 1. The Labute approximate surface area is 103 Å². The molecule has 1 N–H and O–H groups in total. The Bertz CT molecular complexity index is 394. The van der Waals surface area contributed by atoms with Crippen LogP contribution in [0, 0.1) is 5.92 Å². The van der Waals surface area contributed by atoms with E-state index in [4.69, 9.17) is 5.11 Å². The van der Waals surface area contributed by atoms with Gasteiger partial charge >= 0.3 is 0 Å². The van der Waals surface area contributed by atoms with Gasteiger partial charge in [0.2, 0.25) is 0 Å². The summed E-state index contributed by atoms with van der Waals surface area (Å²) in [5, 5.41) is 9.04. The summed E-state index contributed by atoms with van der Waals surface area (Å²) in [6, 6.07) is 7.44. The fourth-order valence-electron chi connectivity index (χ4n) is 1.97. The first-order valence-electron chi connectivity index (χ1n) is 5.37. The highest BCUT2D eigenvalue weighted by Gasteiger charge is 2.27. The summed E-state index contributed by atoms with van der Waals surface area (Å²) in [5.41, 5.74) is 0.695. The third kappa shape index (κ3) is 2.28. The van der Waals surface area contributed by atoms with Gasteiger partial charge in [-0.15, -0.1) is 0 Å². The summed E-state index contributed by atoms with van der Waals surface area (Å²) in [6.07, 6.45) is 0.896. The van der Waals surface area contributed by atoms with Gasteiger partial charge in [0.25, 0.3) is 5.91 Å². The number of nitrogens with zero attached hydrogens (tertiary/aromatic N) is 1. The van der Waals surface area contributed by atoms with E-state index < -0.39 is 0 Å². The Balaban J connectivity index is 2.12. The second-order valence-corrected chi connectivity index (χ2v) is 4.92. The van der Waals surface area contributed by atoms with Crippen molar-refractivity contribution in [2.45, 2.75) is 6.42 Å². The summed E-state index contributed by atoms with van der Waals surface area (Å²) < 4.78 is 0.826. The zero-order valence-electron chi connectivity index (χ0n) is 8.90. The average molecular weight is 284 g/mol. The minimum Gasteiger partial charge on any atom is -0.396 e. The minimum atomic E-state index is 0.0448. The number of aliphatic hydroxyl groups is 1. The fraction of sp³-hybridized carbons (Fsp3) is 0.417. The molecule has 4 heteroatoms. The van der Waals surface area contributed by atoms with Gasteiger partial charge in [0.15, 0.2) is 0 Å². The molecule has 1 amide bonds. The summed E-state index contributed by atoms with van der Waals surface area (Å²) in [4.78, 5) is 14.0. The Kier molecular flexibility index (Phi) is 3.61. The number of rotatable bonds is 2. The number of benzene rings is 1. The third-order valence-electron chi connectivity index (χ3n) is 2.94. The molecule has 0 bridgehead atoms. The number of hydrogen-bond donors (Lipinski definition) is 1. The molecule has 2 rings (SSSR count). The highest BCUT2D eigenvalue weighted by Crippen LogP contribution is 2.22. The molecule has 0 aromatic heterocycles. The van der Waals surface area contributed by atoms with Crippen LogP contribution in [0.2, 0.25) is 0 Å². The van der Waals surface area contributed by atoms with Crippen LogP contribution in [0.4, 0.5) is 0 Å². The molecule has 0 spiro atoms. The van der Waals surface area contributed by atoms with Crippen LogP contribution < -0.4 is 0 Å². The number of carbonyl (C=O) groups excluding carboxylic acids is 1. The smallest absolute Gasteiger partial charge is 0.255 e. The van der Waals surface area contributed by atoms with E-state index in [2.05, 4.69) is 15.9 Å². The number of likely N-dealkylation sites (tertiary alicyclic amines) is 1. The zero-order chi connectivity index (χ0) is 11.5. The van der Waals surface area contributed by atoms with Crippen LogP contribution in [-0.4, -0.2) is 35.6 Å². The van der Waals surface area contributed by atoms with E-state index in [0.29, 0.717) is 12.1 Å². The first-order valence-corrected chi connectivity index (χ1v) is 6.16. The number of halogens is 1. The maximum Gasteiger partial charge on any atom is 0.255 e. The molecule has 3 nitrogen and oxygen atoms in total. The van der Waals surface area contributed by atoms with Crippen molar-refractivity contribution in [3.8, 4) is 0 Å². The van der Waals surface area contributed by atoms with Gasteiger partial charge in [0.05, 0.1) is 5.56 Å². The summed E-state index contributed by atoms with van der Waals surface area (Å²) in [7, 11) is 0. The van der Waals surface area contributed by atoms with Gasteiger partial charge < -0.3 is 10.0 Å². The molecule has 1 saturated heterocycles. The molecule has 1 aliphatic rings. The van der Waals surface area contributed by atoms with Crippen molar-refractivity contribution in [2.75, 3.05) is 19.7 Å². The standard InChI is InChI=1S/C12H14BrNO2/c13-11-4-2-1-3-10(11)12(16)14-6-5-9(7-14)8-15/h1-4,9,15H,5-8H2. The molecule has 1 heterocycles. The summed E-state index contributed by atoms with van der Waals surface area (Å²) in [6.45, 7) is 1.57. The van der Waals surface area contributed by atoms with Crippen LogP contribution in [0.3, 0.4) is 0 Å². The first kappa shape index (κ1) is 11.6. The number of carbonyl (C=O) groups is 1. The van der Waals surface area contributed by atoms with Crippen molar-refractivity contribution < 1.29 is 9.90 Å². The number of amides is 1. The summed E-state index contributed by atoms with van der Waals surface area (Å²) in [5.74, 6) is 0.287. The lowest BCUT2D eigenvalue weighted by Gasteiger charge is -2.16. The van der Waals surface area contributed by atoms with Crippen LogP contribution in [-0.2, 0) is 0 Å². The molecule has 1 fully saturated rings. The quantitative estimate of drug-likeness (QED) is 0.901. The molecule has 1 unspecified atom stereocenters. The van der Waals surface area contributed by atoms with Crippen molar-refractivity contribution in [1.82, 2.24) is 4.90 Å². The molecular weight excluding hydrogens is 270 g/mol. The van der Waals surface area contributed by atoms with E-state index in [9.17, 15) is 4.79 Å². The van der Waals surface area contributed by atoms with Crippen molar-refractivity contribution >= 4 is 21.8 Å². The lowest BCUT2D eigenvalue weighted by atomic mass is 10.1. The normalized spacial score (nSPS) is 20.1. The Hall–Kier alpha value is -0.870. The van der Waals surface area contributed by atoms with Gasteiger partial charge in [-0.2, -0.15) is 0 Å². The lowest BCUT2D eigenvalue weighted by Crippen LogP contribution is -2.29. The third-order valence-corrected chi connectivity index (χ3v) is 3.63. The minimum absolute atomic E-state index is 0.0448. The maximum atomic E-state index is 12.1. The molecular formula is C12H14BrNO2. The van der Waals surface area contributed by atoms with Gasteiger partial charge in [-0.25, -0.2) is 0 Å². The molecule has 0 saturated carbocycles. The predicted molar refractivity (Wildman–Crippen MR) is 65.2 cm³/mol. The van der Waals surface area contributed by atoms with E-state index in [1.807, 2.05) is 24.3 Å². The second kappa shape index (κ2) is 4.97. The lowest BCUT2D eigenvalue weighted by molar-refractivity contribution is 0.0781. The Morgan fingerprint density at radius 3 is 2.88 bits per heavy atom. The largest absolute Gasteiger partial charge is 0.396 e. The van der Waals surface area contributed by atoms with Gasteiger partial charge in [-0.1, -0.05) is 12.1 Å². The molecule has 0 aliphatic carbocycles. The van der Waals surface area contributed by atoms with Crippen molar-refractivity contribution in [3.63, 3.8) is 0 Å². The SMILES string of the molecule is O=C(c1ccccc1Br)N1CCC(CO)C1. The highest BCUT2D eigenvalue weighted by molar-refractivity contribution is 9.10. The van der Waals surface area contributed by atoms with Crippen LogP contribution in [0.5, 0.6) is 0 Å². The van der Waals surface area contributed by atoms with Crippen molar-refractivity contribution in [1.29, 1.82) is 0 Å². The van der Waals surface area contributed by atoms with Gasteiger partial charge in [-0.05, 0) is 34.5 Å². The van der Waals surface area contributed by atoms with Gasteiger partial charge in [0.1, 0.15) is 0 Å². The topological polar surface area (TPSA) is 40.5 Å². The molecule has 1 aliphatic heterocycles. The van der Waals surface area contributed by atoms with Crippen LogP contribution in [0.25, 0.3) is 0 Å². The average Bonchev–Trinajstić information content (AvgIpc) is 2.77. The Morgan fingerprint density at radius 1 is 1.50 bits per heavy atom. The van der Waals surface area contributed by atoms with E-state index in [1.54, 1.807) is 4.90 Å². The van der Waals surface area contributed by atoms with Crippen molar-refractivity contribution in [3.05, 3.63) is 34.3 Å². The van der Waals surface area contributed by atoms with E-state index in [-0.39, 0.29) is 18.4 Å². The molecule has 16 heavy (non-hydrogen) atoms. The number of hydrogen-bond acceptors (Lipinski definition) is 2. The zero-order valence-corrected chi connectivity index (χ0v) is 10.5. The predicted octanol–water partition coefficient (Wildman–Crippen LogP) is 1.90. The molecule has 0 radical (unpaired) electrons. The van der Waals surface area contributed by atoms with Gasteiger partial charge in [0, 0.05) is 30.1 Å². The fourth-order valence-corrected chi connectivity index (χ4v) is 2.43. The highest BCUT2D eigenvalue weighted by atomic mass is 79.9. The summed E-state index contributed by atoms with van der Waals surface area (Å²) >= 11 is 3.38. The van der Waals surface area contributed by atoms with Crippen LogP contribution in [0.15, 0.2) is 28.7 Å². The van der Waals surface area contributed by atoms with Crippen molar-refractivity contribution in [2.24, 2.45) is 5.92 Å². The van der Waals surface area contributed by atoms with Gasteiger partial charge in [-0.3, -0.25) is 4.79 Å².